The molecule has 0 saturated carbocycles. The maximum Gasteiger partial charge on any atom is 0.278 e. The number of carbonyl (C=O) groups excluding carboxylic acids is 2. The Morgan fingerprint density at radius 2 is 1.61 bits per heavy atom. The molecule has 3 aromatic carbocycles. The second-order valence-electron chi connectivity index (χ2n) is 8.06. The van der Waals surface area contributed by atoms with Crippen LogP contribution in [-0.4, -0.2) is 30.4 Å². The number of nitrogens with zero attached hydrogens (tertiary/aromatic N) is 1. The molecule has 1 N–H and O–H groups in total. The highest BCUT2D eigenvalue weighted by molar-refractivity contribution is 6.36. The first-order valence-corrected chi connectivity index (χ1v) is 10.7. The van der Waals surface area contributed by atoms with E-state index >= 15 is 0 Å². The van der Waals surface area contributed by atoms with Crippen molar-refractivity contribution >= 4 is 23.1 Å². The summed E-state index contributed by atoms with van der Waals surface area (Å²) in [5.74, 6) is -0.353. The minimum Gasteiger partial charge on any atom is -0.497 e. The second kappa shape index (κ2) is 9.28. The van der Waals surface area contributed by atoms with Crippen molar-refractivity contribution in [1.82, 2.24) is 4.90 Å². The number of nitrogens with one attached hydrogen (secondary N) is 1. The molecular weight excluding hydrogens is 419 g/mol. The minimum absolute atomic E-state index is 0.200. The summed E-state index contributed by atoms with van der Waals surface area (Å²) in [7, 11) is 1.58. The summed E-state index contributed by atoms with van der Waals surface area (Å²) in [6.07, 6.45) is 0.438. The molecule has 1 aliphatic rings. The maximum absolute atomic E-state index is 13.5. The number of hydrogen-bond acceptors (Lipinski definition) is 4. The smallest absolute Gasteiger partial charge is 0.278 e. The molecule has 2 amide bonds. The van der Waals surface area contributed by atoms with Gasteiger partial charge in [-0.2, -0.15) is 0 Å². The van der Waals surface area contributed by atoms with Crippen LogP contribution in [0.2, 0.25) is 0 Å². The summed E-state index contributed by atoms with van der Waals surface area (Å²) in [5, 5.41) is 3.16. The second-order valence-corrected chi connectivity index (χ2v) is 8.06. The van der Waals surface area contributed by atoms with E-state index in [2.05, 4.69) is 5.32 Å². The molecule has 3 aromatic rings. The first-order valence-electron chi connectivity index (χ1n) is 10.7. The molecule has 0 radical (unpaired) electrons. The van der Waals surface area contributed by atoms with E-state index in [4.69, 9.17) is 4.74 Å². The summed E-state index contributed by atoms with van der Waals surface area (Å²) < 4.78 is 18.4. The standard InChI is InChI=1S/C27H25FN2O3/c1-17-4-13-23(18(2)16-17)24-25(29-21-9-11-22(33-3)12-10-21)27(32)30(26(24)31)15-14-19-5-7-20(28)8-6-19/h4-13,16,29H,14-15H2,1-3H3. The fraction of sp³-hybridized carbons (Fsp3) is 0.185. The highest BCUT2D eigenvalue weighted by Crippen LogP contribution is 2.33. The van der Waals surface area contributed by atoms with Crippen LogP contribution in [0.4, 0.5) is 10.1 Å². The average molecular weight is 445 g/mol. The average Bonchev–Trinajstić information content (AvgIpc) is 3.03. The SMILES string of the molecule is COc1ccc(NC2=C(c3ccc(C)cc3C)C(=O)N(CCc3ccc(F)cc3)C2=O)cc1. The van der Waals surface area contributed by atoms with Crippen molar-refractivity contribution in [3.05, 3.63) is 100 Å². The minimum atomic E-state index is -0.382. The number of halogens is 1. The van der Waals surface area contributed by atoms with E-state index in [-0.39, 0.29) is 29.9 Å². The van der Waals surface area contributed by atoms with Crippen molar-refractivity contribution in [1.29, 1.82) is 0 Å². The summed E-state index contributed by atoms with van der Waals surface area (Å²) in [5.41, 5.74) is 4.84. The third-order valence-corrected chi connectivity index (χ3v) is 5.72. The van der Waals surface area contributed by atoms with Gasteiger partial charge in [0.1, 0.15) is 17.3 Å². The summed E-state index contributed by atoms with van der Waals surface area (Å²) >= 11 is 0. The maximum atomic E-state index is 13.5. The zero-order chi connectivity index (χ0) is 23.5. The van der Waals surface area contributed by atoms with Gasteiger partial charge >= 0.3 is 0 Å². The number of ether oxygens (including phenoxy) is 1. The Morgan fingerprint density at radius 3 is 2.24 bits per heavy atom. The van der Waals surface area contributed by atoms with Crippen LogP contribution < -0.4 is 10.1 Å². The molecule has 0 unspecified atom stereocenters. The molecule has 4 rings (SSSR count). The number of amides is 2. The Hall–Kier alpha value is -3.93. The Balaban J connectivity index is 1.68. The van der Waals surface area contributed by atoms with E-state index in [1.165, 1.54) is 17.0 Å². The summed E-state index contributed by atoms with van der Waals surface area (Å²) in [6.45, 7) is 4.11. The van der Waals surface area contributed by atoms with Crippen molar-refractivity contribution in [2.45, 2.75) is 20.3 Å². The van der Waals surface area contributed by atoms with E-state index in [9.17, 15) is 14.0 Å². The zero-order valence-electron chi connectivity index (χ0n) is 18.8. The van der Waals surface area contributed by atoms with Crippen molar-refractivity contribution < 1.29 is 18.7 Å². The molecule has 5 nitrogen and oxygen atoms in total. The van der Waals surface area contributed by atoms with Gasteiger partial charge in [-0.3, -0.25) is 14.5 Å². The number of anilines is 1. The predicted molar refractivity (Wildman–Crippen MR) is 126 cm³/mol. The number of carbonyl (C=O) groups is 2. The molecule has 0 aliphatic carbocycles. The van der Waals surface area contributed by atoms with Crippen molar-refractivity contribution in [3.63, 3.8) is 0 Å². The van der Waals surface area contributed by atoms with Crippen LogP contribution in [0.3, 0.4) is 0 Å². The number of benzene rings is 3. The van der Waals surface area contributed by atoms with Gasteiger partial charge in [-0.1, -0.05) is 35.9 Å². The molecule has 33 heavy (non-hydrogen) atoms. The van der Waals surface area contributed by atoms with Gasteiger partial charge in [0.05, 0.1) is 12.7 Å². The lowest BCUT2D eigenvalue weighted by Gasteiger charge is -2.15. The third kappa shape index (κ3) is 4.65. The van der Waals surface area contributed by atoms with Crippen LogP contribution in [0.15, 0.2) is 72.4 Å². The van der Waals surface area contributed by atoms with Gasteiger partial charge in [0.2, 0.25) is 0 Å². The molecule has 0 saturated heterocycles. The van der Waals surface area contributed by atoms with Gasteiger partial charge in [-0.05, 0) is 73.4 Å². The molecule has 0 aromatic heterocycles. The fourth-order valence-electron chi connectivity index (χ4n) is 3.95. The first-order chi connectivity index (χ1) is 15.9. The van der Waals surface area contributed by atoms with Crippen LogP contribution in [-0.2, 0) is 16.0 Å². The van der Waals surface area contributed by atoms with Gasteiger partial charge in [0.15, 0.2) is 0 Å². The van der Waals surface area contributed by atoms with E-state index in [1.807, 2.05) is 32.0 Å². The van der Waals surface area contributed by atoms with E-state index in [1.54, 1.807) is 43.5 Å². The number of methoxy groups -OCH3 is 1. The highest BCUT2D eigenvalue weighted by Gasteiger charge is 2.39. The van der Waals surface area contributed by atoms with Crippen LogP contribution in [0.5, 0.6) is 5.75 Å². The van der Waals surface area contributed by atoms with Crippen molar-refractivity contribution in [2.75, 3.05) is 19.0 Å². The van der Waals surface area contributed by atoms with Gasteiger partial charge in [-0.15, -0.1) is 0 Å². The van der Waals surface area contributed by atoms with Gasteiger partial charge in [-0.25, -0.2) is 4.39 Å². The van der Waals surface area contributed by atoms with Crippen LogP contribution in [0, 0.1) is 19.7 Å². The summed E-state index contributed by atoms with van der Waals surface area (Å²) in [6, 6.07) is 19.0. The predicted octanol–water partition coefficient (Wildman–Crippen LogP) is 4.89. The number of imide groups is 1. The van der Waals surface area contributed by atoms with Crippen LogP contribution in [0.25, 0.3) is 5.57 Å². The summed E-state index contributed by atoms with van der Waals surface area (Å²) in [4.78, 5) is 28.1. The van der Waals surface area contributed by atoms with Crippen LogP contribution in [0.1, 0.15) is 22.3 Å². The monoisotopic (exact) mass is 444 g/mol. The fourth-order valence-corrected chi connectivity index (χ4v) is 3.95. The van der Waals surface area contributed by atoms with Crippen molar-refractivity contribution in [3.8, 4) is 5.75 Å². The number of hydrogen-bond donors (Lipinski definition) is 1. The molecular formula is C27H25FN2O3. The lowest BCUT2D eigenvalue weighted by atomic mass is 9.97. The quantitative estimate of drug-likeness (QED) is 0.528. The lowest BCUT2D eigenvalue weighted by Crippen LogP contribution is -2.34. The van der Waals surface area contributed by atoms with Crippen LogP contribution >= 0.6 is 0 Å². The third-order valence-electron chi connectivity index (χ3n) is 5.72. The van der Waals surface area contributed by atoms with Gasteiger partial charge in [0.25, 0.3) is 11.8 Å². The molecule has 1 aliphatic heterocycles. The van der Waals surface area contributed by atoms with Crippen molar-refractivity contribution in [2.24, 2.45) is 0 Å². The topological polar surface area (TPSA) is 58.6 Å². The molecule has 168 valence electrons. The molecule has 0 bridgehead atoms. The van der Waals surface area contributed by atoms with E-state index in [0.29, 0.717) is 23.4 Å². The number of aryl methyl sites for hydroxylation is 2. The Morgan fingerprint density at radius 1 is 0.909 bits per heavy atom. The molecule has 0 spiro atoms. The Bertz CT molecular complexity index is 1230. The van der Waals surface area contributed by atoms with Gasteiger partial charge < -0.3 is 10.1 Å². The largest absolute Gasteiger partial charge is 0.497 e. The number of rotatable bonds is 7. The molecule has 1 heterocycles. The normalized spacial score (nSPS) is 13.6. The Kier molecular flexibility index (Phi) is 6.27. The van der Waals surface area contributed by atoms with Gasteiger partial charge in [0, 0.05) is 12.2 Å². The van der Waals surface area contributed by atoms with E-state index < -0.39 is 0 Å². The molecule has 6 heteroatoms. The Labute approximate surface area is 192 Å². The zero-order valence-corrected chi connectivity index (χ0v) is 18.8. The highest BCUT2D eigenvalue weighted by atomic mass is 19.1. The molecule has 0 fully saturated rings. The van der Waals surface area contributed by atoms with E-state index in [0.717, 1.165) is 22.3 Å². The first kappa shape index (κ1) is 22.3. The lowest BCUT2D eigenvalue weighted by molar-refractivity contribution is -0.136. The molecule has 0 atom stereocenters.